The molecule has 0 unspecified atom stereocenters. The van der Waals surface area contributed by atoms with Crippen LogP contribution in [-0.4, -0.2) is 35.4 Å². The third-order valence-electron chi connectivity index (χ3n) is 4.71. The first-order valence-electron chi connectivity index (χ1n) is 8.97. The van der Waals surface area contributed by atoms with Gasteiger partial charge in [0.25, 0.3) is 0 Å². The van der Waals surface area contributed by atoms with Crippen LogP contribution in [0, 0.1) is 5.92 Å². The van der Waals surface area contributed by atoms with Crippen LogP contribution in [0.4, 0.5) is 13.2 Å². The molecule has 0 radical (unpaired) electrons. The Kier molecular flexibility index (Phi) is 6.05. The van der Waals surface area contributed by atoms with Crippen LogP contribution in [-0.2, 0) is 28.9 Å². The Bertz CT molecular complexity index is 902. The van der Waals surface area contributed by atoms with Gasteiger partial charge in [0.05, 0.1) is 18.6 Å². The van der Waals surface area contributed by atoms with Crippen molar-refractivity contribution in [3.8, 4) is 5.88 Å². The second kappa shape index (κ2) is 8.50. The average molecular weight is 407 g/mol. The molecule has 29 heavy (non-hydrogen) atoms. The second-order valence-electron chi connectivity index (χ2n) is 6.76. The smallest absolute Gasteiger partial charge is 0.416 e. The number of ether oxygens (including phenoxy) is 1. The molecule has 1 aliphatic heterocycles. The van der Waals surface area contributed by atoms with E-state index in [1.54, 1.807) is 18.3 Å². The molecule has 6 nitrogen and oxygen atoms in total. The van der Waals surface area contributed by atoms with Crippen molar-refractivity contribution in [2.75, 3.05) is 13.7 Å². The maximum atomic E-state index is 12.9. The number of aromatic nitrogens is 1. The van der Waals surface area contributed by atoms with Crippen LogP contribution in [0.1, 0.15) is 23.1 Å². The molecular weight excluding hydrogens is 387 g/mol. The highest BCUT2D eigenvalue weighted by Crippen LogP contribution is 2.30. The zero-order valence-electron chi connectivity index (χ0n) is 15.7. The fraction of sp³-hybridized carbons (Fsp3) is 0.350. The summed E-state index contributed by atoms with van der Waals surface area (Å²) in [6.45, 7) is 0.391. The Morgan fingerprint density at radius 2 is 2.10 bits per heavy atom. The highest BCUT2D eigenvalue weighted by Gasteiger charge is 2.35. The van der Waals surface area contributed by atoms with Crippen molar-refractivity contribution < 1.29 is 27.5 Å². The van der Waals surface area contributed by atoms with Gasteiger partial charge in [-0.25, -0.2) is 4.98 Å². The predicted octanol–water partition coefficient (Wildman–Crippen LogP) is 2.77. The summed E-state index contributed by atoms with van der Waals surface area (Å²) >= 11 is 0. The van der Waals surface area contributed by atoms with E-state index in [9.17, 15) is 22.8 Å². The minimum absolute atomic E-state index is 0.0228. The molecule has 0 saturated carbocycles. The van der Waals surface area contributed by atoms with Gasteiger partial charge in [-0.2, -0.15) is 13.2 Å². The molecule has 0 aliphatic carbocycles. The van der Waals surface area contributed by atoms with Crippen molar-refractivity contribution in [3.05, 3.63) is 59.3 Å². The SMILES string of the molecule is COc1ncccc1CNC(=O)[C@@H]1CC(=O)N(Cc2cccc(C(F)(F)F)c2)C1. The molecule has 1 saturated heterocycles. The van der Waals surface area contributed by atoms with E-state index in [0.717, 1.165) is 12.1 Å². The third kappa shape index (κ3) is 5.04. The Hall–Kier alpha value is -3.10. The van der Waals surface area contributed by atoms with Crippen molar-refractivity contribution in [2.24, 2.45) is 5.92 Å². The number of methoxy groups -OCH3 is 1. The van der Waals surface area contributed by atoms with Crippen LogP contribution in [0.25, 0.3) is 0 Å². The molecular formula is C20H20F3N3O3. The van der Waals surface area contributed by atoms with E-state index < -0.39 is 17.7 Å². The minimum atomic E-state index is -4.44. The van der Waals surface area contributed by atoms with E-state index in [1.165, 1.54) is 24.1 Å². The van der Waals surface area contributed by atoms with Crippen LogP contribution in [0.15, 0.2) is 42.6 Å². The van der Waals surface area contributed by atoms with Crippen LogP contribution in [0.3, 0.4) is 0 Å². The number of nitrogens with zero attached hydrogens (tertiary/aromatic N) is 2. The summed E-state index contributed by atoms with van der Waals surface area (Å²) in [5.74, 6) is -0.713. The fourth-order valence-corrected chi connectivity index (χ4v) is 3.24. The van der Waals surface area contributed by atoms with Crippen LogP contribution < -0.4 is 10.1 Å². The van der Waals surface area contributed by atoms with Crippen molar-refractivity contribution >= 4 is 11.8 Å². The molecule has 9 heteroatoms. The Morgan fingerprint density at radius 3 is 2.83 bits per heavy atom. The summed E-state index contributed by atoms with van der Waals surface area (Å²) in [4.78, 5) is 30.2. The number of benzene rings is 1. The van der Waals surface area contributed by atoms with E-state index in [0.29, 0.717) is 17.0 Å². The number of hydrogen-bond donors (Lipinski definition) is 1. The maximum absolute atomic E-state index is 12.9. The van der Waals surface area contributed by atoms with Crippen molar-refractivity contribution in [2.45, 2.75) is 25.7 Å². The number of nitrogens with one attached hydrogen (secondary N) is 1. The van der Waals surface area contributed by atoms with Gasteiger partial charge in [0.15, 0.2) is 0 Å². The number of amides is 2. The van der Waals surface area contributed by atoms with Gasteiger partial charge < -0.3 is 15.0 Å². The second-order valence-corrected chi connectivity index (χ2v) is 6.76. The summed E-state index contributed by atoms with van der Waals surface area (Å²) in [5.41, 5.74) is 0.309. The Balaban J connectivity index is 1.59. The molecule has 3 rings (SSSR count). The minimum Gasteiger partial charge on any atom is -0.481 e. The molecule has 0 spiro atoms. The first-order valence-corrected chi connectivity index (χ1v) is 8.97. The zero-order valence-corrected chi connectivity index (χ0v) is 15.7. The summed E-state index contributed by atoms with van der Waals surface area (Å²) in [6, 6.07) is 8.34. The summed E-state index contributed by atoms with van der Waals surface area (Å²) in [5, 5.41) is 2.76. The lowest BCUT2D eigenvalue weighted by atomic mass is 10.1. The van der Waals surface area contributed by atoms with E-state index in [-0.39, 0.29) is 37.9 Å². The molecule has 154 valence electrons. The number of likely N-dealkylation sites (tertiary alicyclic amines) is 1. The quantitative estimate of drug-likeness (QED) is 0.800. The van der Waals surface area contributed by atoms with Gasteiger partial charge in [-0.05, 0) is 23.8 Å². The van der Waals surface area contributed by atoms with Gasteiger partial charge in [0, 0.05) is 37.8 Å². The first kappa shape index (κ1) is 20.6. The molecule has 1 aromatic carbocycles. The predicted molar refractivity (Wildman–Crippen MR) is 97.6 cm³/mol. The van der Waals surface area contributed by atoms with Gasteiger partial charge in [0.1, 0.15) is 0 Å². The summed E-state index contributed by atoms with van der Waals surface area (Å²) in [7, 11) is 1.48. The molecule has 1 aliphatic rings. The number of carbonyl (C=O) groups excluding carboxylic acids is 2. The van der Waals surface area contributed by atoms with E-state index in [1.807, 2.05) is 0 Å². The number of rotatable bonds is 6. The number of halogens is 3. The largest absolute Gasteiger partial charge is 0.481 e. The molecule has 2 heterocycles. The maximum Gasteiger partial charge on any atom is 0.416 e. The van der Waals surface area contributed by atoms with Crippen LogP contribution >= 0.6 is 0 Å². The Labute approximate surface area is 165 Å². The molecule has 1 fully saturated rings. The number of carbonyl (C=O) groups is 2. The molecule has 1 atom stereocenters. The first-order chi connectivity index (χ1) is 13.8. The molecule has 1 aromatic heterocycles. The molecule has 2 aromatic rings. The van der Waals surface area contributed by atoms with Gasteiger partial charge in [-0.1, -0.05) is 18.2 Å². The van der Waals surface area contributed by atoms with E-state index in [2.05, 4.69) is 10.3 Å². The van der Waals surface area contributed by atoms with Crippen LogP contribution in [0.2, 0.25) is 0 Å². The molecule has 0 bridgehead atoms. The van der Waals surface area contributed by atoms with E-state index >= 15 is 0 Å². The van der Waals surface area contributed by atoms with Gasteiger partial charge in [-0.15, -0.1) is 0 Å². The van der Waals surface area contributed by atoms with Gasteiger partial charge in [-0.3, -0.25) is 9.59 Å². The number of alkyl halides is 3. The lowest BCUT2D eigenvalue weighted by molar-refractivity contribution is -0.137. The number of hydrogen-bond acceptors (Lipinski definition) is 4. The molecule has 1 N–H and O–H groups in total. The normalized spacial score (nSPS) is 16.8. The number of pyridine rings is 1. The Morgan fingerprint density at radius 1 is 1.31 bits per heavy atom. The summed E-state index contributed by atoms with van der Waals surface area (Å²) in [6.07, 6.45) is -2.85. The lowest BCUT2D eigenvalue weighted by Gasteiger charge is -2.18. The van der Waals surface area contributed by atoms with Crippen molar-refractivity contribution in [1.82, 2.24) is 15.2 Å². The zero-order chi connectivity index (χ0) is 21.0. The highest BCUT2D eigenvalue weighted by molar-refractivity contribution is 5.89. The average Bonchev–Trinajstić information content (AvgIpc) is 3.06. The van der Waals surface area contributed by atoms with Gasteiger partial charge >= 0.3 is 6.18 Å². The van der Waals surface area contributed by atoms with E-state index in [4.69, 9.17) is 4.74 Å². The molecule has 2 amide bonds. The van der Waals surface area contributed by atoms with Crippen molar-refractivity contribution in [1.29, 1.82) is 0 Å². The standard InChI is InChI=1S/C20H20F3N3O3/c1-29-19-14(5-3-7-24-19)10-25-18(28)15-9-17(27)26(12-15)11-13-4-2-6-16(8-13)20(21,22)23/h2-8,15H,9-12H2,1H3,(H,25,28)/t15-/m1/s1. The fourth-order valence-electron chi connectivity index (χ4n) is 3.24. The van der Waals surface area contributed by atoms with Gasteiger partial charge in [0.2, 0.25) is 17.7 Å². The monoisotopic (exact) mass is 407 g/mol. The third-order valence-corrected chi connectivity index (χ3v) is 4.71. The lowest BCUT2D eigenvalue weighted by Crippen LogP contribution is -2.32. The highest BCUT2D eigenvalue weighted by atomic mass is 19.4. The summed E-state index contributed by atoms with van der Waals surface area (Å²) < 4.78 is 43.7. The topological polar surface area (TPSA) is 71.5 Å². The van der Waals surface area contributed by atoms with Crippen molar-refractivity contribution in [3.63, 3.8) is 0 Å². The van der Waals surface area contributed by atoms with Crippen LogP contribution in [0.5, 0.6) is 5.88 Å².